The third kappa shape index (κ3) is 2.60. The Labute approximate surface area is 165 Å². The number of allylic oxidation sites excluding steroid dienone is 2. The molecule has 1 saturated carbocycles. The molecule has 2 bridgehead atoms. The average molecular weight is 419 g/mol. The SMILES string of the molecule is CC1(CO)[C@H]2C=C[C@H]1[C@H](S(=O)(=O)c1ccccc1)[C@H]2S(=O)(=O)c1ccccc1. The highest BCUT2D eigenvalue weighted by Crippen LogP contribution is 2.59. The molecule has 0 heterocycles. The summed E-state index contributed by atoms with van der Waals surface area (Å²) in [5, 5.41) is 7.79. The van der Waals surface area contributed by atoms with E-state index in [1.165, 1.54) is 24.3 Å². The molecule has 2 aliphatic carbocycles. The molecule has 5 nitrogen and oxygen atoms in total. The molecule has 7 heteroatoms. The van der Waals surface area contributed by atoms with E-state index in [1.807, 2.05) is 0 Å². The van der Waals surface area contributed by atoms with Crippen LogP contribution in [0.4, 0.5) is 0 Å². The molecule has 1 fully saturated rings. The molecule has 0 unspecified atom stereocenters. The maximum atomic E-state index is 13.5. The predicted molar refractivity (Wildman–Crippen MR) is 106 cm³/mol. The predicted octanol–water partition coefficient (Wildman–Crippen LogP) is 2.49. The van der Waals surface area contributed by atoms with E-state index in [0.29, 0.717) is 0 Å². The summed E-state index contributed by atoms with van der Waals surface area (Å²) in [4.78, 5) is 0.212. The summed E-state index contributed by atoms with van der Waals surface area (Å²) in [6, 6.07) is 15.9. The molecule has 4 rings (SSSR count). The fourth-order valence-electron chi connectivity index (χ4n) is 4.76. The van der Waals surface area contributed by atoms with Crippen LogP contribution >= 0.6 is 0 Å². The second kappa shape index (κ2) is 6.54. The lowest BCUT2D eigenvalue weighted by molar-refractivity contribution is 0.106. The largest absolute Gasteiger partial charge is 0.396 e. The highest BCUT2D eigenvalue weighted by Gasteiger charge is 2.66. The Balaban J connectivity index is 1.92. The van der Waals surface area contributed by atoms with Crippen molar-refractivity contribution >= 4 is 19.7 Å². The van der Waals surface area contributed by atoms with Gasteiger partial charge in [0.15, 0.2) is 19.7 Å². The van der Waals surface area contributed by atoms with Crippen LogP contribution in [0.3, 0.4) is 0 Å². The average Bonchev–Trinajstić information content (AvgIpc) is 3.18. The normalized spacial score (nSPS) is 31.9. The lowest BCUT2D eigenvalue weighted by atomic mass is 9.79. The molecule has 28 heavy (non-hydrogen) atoms. The minimum atomic E-state index is -3.93. The van der Waals surface area contributed by atoms with Gasteiger partial charge in [0.1, 0.15) is 0 Å². The van der Waals surface area contributed by atoms with Crippen LogP contribution in [0.2, 0.25) is 0 Å². The zero-order valence-corrected chi connectivity index (χ0v) is 17.0. The highest BCUT2D eigenvalue weighted by molar-refractivity contribution is 7.96. The van der Waals surface area contributed by atoms with Gasteiger partial charge in [-0.2, -0.15) is 0 Å². The summed E-state index contributed by atoms with van der Waals surface area (Å²) >= 11 is 0. The Hall–Kier alpha value is -1.96. The number of hydrogen-bond donors (Lipinski definition) is 1. The Bertz CT molecular complexity index is 1020. The van der Waals surface area contributed by atoms with E-state index in [1.54, 1.807) is 55.5 Å². The van der Waals surface area contributed by atoms with Crippen LogP contribution in [0.5, 0.6) is 0 Å². The van der Waals surface area contributed by atoms with Crippen molar-refractivity contribution in [1.82, 2.24) is 0 Å². The van der Waals surface area contributed by atoms with E-state index in [4.69, 9.17) is 0 Å². The van der Waals surface area contributed by atoms with E-state index in [0.717, 1.165) is 0 Å². The van der Waals surface area contributed by atoms with E-state index >= 15 is 0 Å². The van der Waals surface area contributed by atoms with Crippen LogP contribution in [-0.4, -0.2) is 39.0 Å². The fraction of sp³-hybridized carbons (Fsp3) is 0.333. The molecule has 2 aliphatic rings. The van der Waals surface area contributed by atoms with E-state index in [9.17, 15) is 21.9 Å². The number of sulfone groups is 2. The molecular formula is C21H22O5S2. The molecule has 0 saturated heterocycles. The van der Waals surface area contributed by atoms with Gasteiger partial charge in [-0.25, -0.2) is 16.8 Å². The van der Waals surface area contributed by atoms with Crippen LogP contribution in [0.25, 0.3) is 0 Å². The summed E-state index contributed by atoms with van der Waals surface area (Å²) in [6.07, 6.45) is 3.53. The lowest BCUT2D eigenvalue weighted by Crippen LogP contribution is -2.42. The summed E-state index contributed by atoms with van der Waals surface area (Å²) in [5.41, 5.74) is -0.834. The number of fused-ring (bicyclic) bond motifs is 2. The van der Waals surface area contributed by atoms with Gasteiger partial charge in [0, 0.05) is 23.9 Å². The topological polar surface area (TPSA) is 88.5 Å². The van der Waals surface area contributed by atoms with Crippen molar-refractivity contribution in [3.8, 4) is 0 Å². The molecule has 1 N–H and O–H groups in total. The van der Waals surface area contributed by atoms with Gasteiger partial charge in [-0.05, 0) is 24.3 Å². The zero-order chi connectivity index (χ0) is 20.2. The molecule has 0 aliphatic heterocycles. The summed E-state index contributed by atoms with van der Waals surface area (Å²) in [6.45, 7) is 1.49. The van der Waals surface area contributed by atoms with Gasteiger partial charge in [0.05, 0.1) is 20.3 Å². The quantitative estimate of drug-likeness (QED) is 0.754. The van der Waals surface area contributed by atoms with E-state index in [-0.39, 0.29) is 16.4 Å². The van der Waals surface area contributed by atoms with Crippen molar-refractivity contribution < 1.29 is 21.9 Å². The van der Waals surface area contributed by atoms with Crippen LogP contribution in [-0.2, 0) is 19.7 Å². The number of hydrogen-bond acceptors (Lipinski definition) is 5. The van der Waals surface area contributed by atoms with Crippen molar-refractivity contribution in [1.29, 1.82) is 0 Å². The van der Waals surface area contributed by atoms with Crippen molar-refractivity contribution in [2.75, 3.05) is 6.61 Å². The Morgan fingerprint density at radius 2 is 1.11 bits per heavy atom. The molecule has 0 amide bonds. The Morgan fingerprint density at radius 1 is 0.750 bits per heavy atom. The smallest absolute Gasteiger partial charge is 0.183 e. The van der Waals surface area contributed by atoms with Gasteiger partial charge < -0.3 is 5.11 Å². The maximum Gasteiger partial charge on any atom is 0.183 e. The van der Waals surface area contributed by atoms with Gasteiger partial charge in [0.2, 0.25) is 0 Å². The monoisotopic (exact) mass is 418 g/mol. The summed E-state index contributed by atoms with van der Waals surface area (Å²) < 4.78 is 54.1. The molecular weight excluding hydrogens is 396 g/mol. The van der Waals surface area contributed by atoms with Gasteiger partial charge in [0.25, 0.3) is 0 Å². The third-order valence-corrected chi connectivity index (χ3v) is 10.9. The van der Waals surface area contributed by atoms with Crippen molar-refractivity contribution in [3.05, 3.63) is 72.8 Å². The van der Waals surface area contributed by atoms with E-state index in [2.05, 4.69) is 0 Å². The minimum absolute atomic E-state index is 0.106. The molecule has 0 radical (unpaired) electrons. The highest BCUT2D eigenvalue weighted by atomic mass is 32.2. The molecule has 0 aromatic heterocycles. The fourth-order valence-corrected chi connectivity index (χ4v) is 9.96. The third-order valence-electron chi connectivity index (χ3n) is 6.28. The van der Waals surface area contributed by atoms with Gasteiger partial charge >= 0.3 is 0 Å². The number of aliphatic hydroxyl groups excluding tert-OH is 1. The lowest BCUT2D eigenvalue weighted by Gasteiger charge is -2.28. The van der Waals surface area contributed by atoms with Gasteiger partial charge in [-0.15, -0.1) is 0 Å². The first-order chi connectivity index (χ1) is 13.2. The second-order valence-corrected chi connectivity index (χ2v) is 12.0. The van der Waals surface area contributed by atoms with Crippen molar-refractivity contribution in [2.45, 2.75) is 27.2 Å². The Kier molecular flexibility index (Phi) is 4.52. The molecule has 2 aromatic carbocycles. The van der Waals surface area contributed by atoms with Gasteiger partial charge in [-0.1, -0.05) is 55.5 Å². The van der Waals surface area contributed by atoms with Crippen molar-refractivity contribution in [2.24, 2.45) is 17.3 Å². The molecule has 148 valence electrons. The molecule has 0 spiro atoms. The standard InChI is InChI=1S/C21H22O5S2/c1-21(14-22)17-12-13-18(21)20(28(25,26)16-10-6-3-7-11-16)19(17)27(23,24)15-8-4-2-5-9-15/h2-13,17-20,22H,14H2,1H3/t17-,18-,19-,20-/m0/s1. The van der Waals surface area contributed by atoms with Crippen LogP contribution in [0.15, 0.2) is 82.6 Å². The van der Waals surface area contributed by atoms with E-state index < -0.39 is 47.4 Å². The van der Waals surface area contributed by atoms with Crippen LogP contribution in [0.1, 0.15) is 6.92 Å². The second-order valence-electron chi connectivity index (χ2n) is 7.75. The van der Waals surface area contributed by atoms with Gasteiger partial charge in [-0.3, -0.25) is 0 Å². The zero-order valence-electron chi connectivity index (χ0n) is 15.3. The first-order valence-electron chi connectivity index (χ1n) is 9.11. The van der Waals surface area contributed by atoms with Crippen LogP contribution < -0.4 is 0 Å². The first kappa shape index (κ1) is 19.4. The van der Waals surface area contributed by atoms with Crippen molar-refractivity contribution in [3.63, 3.8) is 0 Å². The maximum absolute atomic E-state index is 13.5. The number of aliphatic hydroxyl groups is 1. The Morgan fingerprint density at radius 3 is 1.43 bits per heavy atom. The number of rotatable bonds is 5. The molecule has 2 aromatic rings. The first-order valence-corrected chi connectivity index (χ1v) is 12.2. The number of benzene rings is 2. The summed E-state index contributed by atoms with van der Waals surface area (Å²) in [5.74, 6) is -1.15. The van der Waals surface area contributed by atoms with Crippen LogP contribution in [0, 0.1) is 17.3 Å². The molecule has 4 atom stereocenters. The summed E-state index contributed by atoms with van der Waals surface area (Å²) in [7, 11) is -7.87. The minimum Gasteiger partial charge on any atom is -0.396 e.